The van der Waals surface area contributed by atoms with E-state index in [1.807, 2.05) is 75.4 Å². The van der Waals surface area contributed by atoms with Crippen LogP contribution in [-0.4, -0.2) is 41.2 Å². The molecule has 170 valence electrons. The highest BCUT2D eigenvalue weighted by atomic mass is 16.2. The van der Waals surface area contributed by atoms with Gasteiger partial charge >= 0.3 is 0 Å². The van der Waals surface area contributed by atoms with Gasteiger partial charge in [0.2, 0.25) is 11.8 Å². The summed E-state index contributed by atoms with van der Waals surface area (Å²) in [7, 11) is 0. The van der Waals surface area contributed by atoms with Crippen molar-refractivity contribution in [2.75, 3.05) is 11.4 Å². The van der Waals surface area contributed by atoms with Gasteiger partial charge in [-0.25, -0.2) is 0 Å². The van der Waals surface area contributed by atoms with Gasteiger partial charge in [-0.1, -0.05) is 54.1 Å². The summed E-state index contributed by atoms with van der Waals surface area (Å²) in [6.07, 6.45) is 0. The molecule has 1 unspecified atom stereocenters. The molecule has 1 aliphatic heterocycles. The van der Waals surface area contributed by atoms with Crippen LogP contribution in [0.25, 0.3) is 10.8 Å². The van der Waals surface area contributed by atoms with Crippen LogP contribution < -0.4 is 10.2 Å². The average molecular weight is 444 g/mol. The number of carbonyl (C=O) groups excluding carboxylic acids is 3. The first-order valence-electron chi connectivity index (χ1n) is 11.2. The van der Waals surface area contributed by atoms with Crippen LogP contribution in [0.2, 0.25) is 0 Å². The van der Waals surface area contributed by atoms with E-state index in [9.17, 15) is 14.4 Å². The Kier molecular flexibility index (Phi) is 6.18. The number of hydrogen-bond acceptors (Lipinski definition) is 3. The number of hydrogen-bond donors (Lipinski definition) is 1. The summed E-state index contributed by atoms with van der Waals surface area (Å²) in [6, 6.07) is 18.5. The van der Waals surface area contributed by atoms with Crippen molar-refractivity contribution in [2.45, 2.75) is 46.3 Å². The van der Waals surface area contributed by atoms with E-state index in [1.54, 1.807) is 17.9 Å². The van der Waals surface area contributed by atoms with Gasteiger partial charge in [0, 0.05) is 23.5 Å². The van der Waals surface area contributed by atoms with E-state index >= 15 is 0 Å². The molecule has 1 aliphatic rings. The molecule has 4 rings (SSSR count). The van der Waals surface area contributed by atoms with Crippen molar-refractivity contribution in [2.24, 2.45) is 0 Å². The van der Waals surface area contributed by atoms with Gasteiger partial charge in [-0.15, -0.1) is 0 Å². The van der Waals surface area contributed by atoms with Gasteiger partial charge in [0.25, 0.3) is 5.91 Å². The van der Waals surface area contributed by atoms with Crippen molar-refractivity contribution in [3.05, 3.63) is 77.4 Å². The molecule has 0 aliphatic carbocycles. The molecule has 0 saturated carbocycles. The van der Waals surface area contributed by atoms with Crippen LogP contribution in [0.4, 0.5) is 5.69 Å². The zero-order valence-corrected chi connectivity index (χ0v) is 19.5. The first-order valence-corrected chi connectivity index (χ1v) is 11.2. The van der Waals surface area contributed by atoms with E-state index in [2.05, 4.69) is 5.32 Å². The minimum Gasteiger partial charge on any atom is -0.352 e. The molecule has 1 N–H and O–H groups in total. The van der Waals surface area contributed by atoms with Crippen molar-refractivity contribution in [3.63, 3.8) is 0 Å². The van der Waals surface area contributed by atoms with Gasteiger partial charge in [-0.2, -0.15) is 0 Å². The van der Waals surface area contributed by atoms with Crippen molar-refractivity contribution >= 4 is 34.2 Å². The van der Waals surface area contributed by atoms with Crippen LogP contribution >= 0.6 is 0 Å². The number of amides is 3. The lowest BCUT2D eigenvalue weighted by Crippen LogP contribution is -2.51. The Morgan fingerprint density at radius 1 is 1.00 bits per heavy atom. The first kappa shape index (κ1) is 22.5. The number of nitrogens with zero attached hydrogens (tertiary/aromatic N) is 2. The van der Waals surface area contributed by atoms with Gasteiger partial charge in [-0.05, 0) is 50.8 Å². The topological polar surface area (TPSA) is 69.7 Å². The van der Waals surface area contributed by atoms with Crippen LogP contribution in [0.3, 0.4) is 0 Å². The molecular weight excluding hydrogens is 414 g/mol. The number of anilines is 1. The van der Waals surface area contributed by atoms with Crippen LogP contribution in [0.1, 0.15) is 42.3 Å². The summed E-state index contributed by atoms with van der Waals surface area (Å²) < 4.78 is 0. The molecule has 1 heterocycles. The number of carbonyl (C=O) groups is 3. The highest BCUT2D eigenvalue weighted by Crippen LogP contribution is 2.37. The van der Waals surface area contributed by atoms with E-state index in [0.717, 1.165) is 27.6 Å². The van der Waals surface area contributed by atoms with Gasteiger partial charge in [0.05, 0.1) is 5.69 Å². The standard InChI is InChI=1S/C27H29N3O3/c1-17(2)28-26(32)19(4)29(15-20-9-5-8-18(3)14-20)24(31)16-30-23-13-7-11-21-10-6-12-22(25(21)23)27(30)33/h5-14,17,19H,15-16H2,1-4H3,(H,28,32). The highest BCUT2D eigenvalue weighted by Gasteiger charge is 2.34. The highest BCUT2D eigenvalue weighted by molar-refractivity contribution is 6.26. The first-order chi connectivity index (χ1) is 15.8. The monoisotopic (exact) mass is 443 g/mol. The van der Waals surface area contributed by atoms with Gasteiger partial charge < -0.3 is 10.2 Å². The molecule has 0 spiro atoms. The maximum Gasteiger partial charge on any atom is 0.259 e. The van der Waals surface area contributed by atoms with Crippen LogP contribution in [0.15, 0.2) is 60.7 Å². The quantitative estimate of drug-likeness (QED) is 0.599. The summed E-state index contributed by atoms with van der Waals surface area (Å²) in [5, 5.41) is 4.73. The van der Waals surface area contributed by atoms with Gasteiger partial charge in [0.15, 0.2) is 0 Å². The zero-order valence-electron chi connectivity index (χ0n) is 19.5. The second-order valence-electron chi connectivity index (χ2n) is 8.92. The summed E-state index contributed by atoms with van der Waals surface area (Å²) in [6.45, 7) is 7.65. The normalized spacial score (nSPS) is 13.5. The molecule has 3 aromatic carbocycles. The predicted octanol–water partition coefficient (Wildman–Crippen LogP) is 4.05. The Hall–Kier alpha value is -3.67. The third kappa shape index (κ3) is 4.46. The van der Waals surface area contributed by atoms with E-state index in [0.29, 0.717) is 5.56 Å². The maximum atomic E-state index is 13.6. The van der Waals surface area contributed by atoms with E-state index < -0.39 is 6.04 Å². The fraction of sp³-hybridized carbons (Fsp3) is 0.296. The van der Waals surface area contributed by atoms with Crippen molar-refractivity contribution in [1.29, 1.82) is 0 Å². The van der Waals surface area contributed by atoms with Crippen LogP contribution in [0, 0.1) is 6.92 Å². The second kappa shape index (κ2) is 9.06. The molecule has 3 aromatic rings. The number of rotatable bonds is 7. The lowest BCUT2D eigenvalue weighted by molar-refractivity contribution is -0.139. The molecule has 6 heteroatoms. The van der Waals surface area contributed by atoms with Crippen molar-refractivity contribution < 1.29 is 14.4 Å². The number of aryl methyl sites for hydroxylation is 1. The Balaban J connectivity index is 1.63. The maximum absolute atomic E-state index is 13.6. The third-order valence-corrected chi connectivity index (χ3v) is 5.98. The lowest BCUT2D eigenvalue weighted by atomic mass is 10.1. The Bertz CT molecular complexity index is 1230. The SMILES string of the molecule is Cc1cccc(CN(C(=O)CN2C(=O)c3cccc4cccc2c34)C(C)C(=O)NC(C)C)c1. The summed E-state index contributed by atoms with van der Waals surface area (Å²) in [5.41, 5.74) is 3.35. The molecule has 0 aromatic heterocycles. The van der Waals surface area contributed by atoms with Gasteiger partial charge in [-0.3, -0.25) is 19.3 Å². The average Bonchev–Trinajstić information content (AvgIpc) is 3.04. The molecule has 0 radical (unpaired) electrons. The zero-order chi connectivity index (χ0) is 23.7. The summed E-state index contributed by atoms with van der Waals surface area (Å²) in [5.74, 6) is -0.685. The Labute approximate surface area is 194 Å². The smallest absolute Gasteiger partial charge is 0.259 e. The van der Waals surface area contributed by atoms with Crippen molar-refractivity contribution in [1.82, 2.24) is 10.2 Å². The Morgan fingerprint density at radius 3 is 2.39 bits per heavy atom. The fourth-order valence-electron chi connectivity index (χ4n) is 4.36. The lowest BCUT2D eigenvalue weighted by Gasteiger charge is -2.31. The molecule has 6 nitrogen and oxygen atoms in total. The third-order valence-electron chi connectivity index (χ3n) is 5.98. The molecule has 0 saturated heterocycles. The van der Waals surface area contributed by atoms with Crippen LogP contribution in [-0.2, 0) is 16.1 Å². The molecule has 0 fully saturated rings. The molecule has 33 heavy (non-hydrogen) atoms. The van der Waals surface area contributed by atoms with E-state index in [1.165, 1.54) is 4.90 Å². The fourth-order valence-corrected chi connectivity index (χ4v) is 4.36. The minimum atomic E-state index is -0.684. The summed E-state index contributed by atoms with van der Waals surface area (Å²) in [4.78, 5) is 42.6. The number of nitrogens with one attached hydrogen (secondary N) is 1. The molecular formula is C27H29N3O3. The molecule has 3 amide bonds. The number of benzene rings is 3. The minimum absolute atomic E-state index is 0.0388. The van der Waals surface area contributed by atoms with Crippen molar-refractivity contribution in [3.8, 4) is 0 Å². The van der Waals surface area contributed by atoms with E-state index in [4.69, 9.17) is 0 Å². The molecule has 1 atom stereocenters. The Morgan fingerprint density at radius 2 is 1.70 bits per heavy atom. The largest absolute Gasteiger partial charge is 0.352 e. The van der Waals surface area contributed by atoms with Crippen LogP contribution in [0.5, 0.6) is 0 Å². The second-order valence-corrected chi connectivity index (χ2v) is 8.92. The van der Waals surface area contributed by atoms with Gasteiger partial charge in [0.1, 0.15) is 12.6 Å². The van der Waals surface area contributed by atoms with E-state index in [-0.39, 0.29) is 36.9 Å². The molecule has 0 bridgehead atoms. The predicted molar refractivity (Wildman–Crippen MR) is 130 cm³/mol. The summed E-state index contributed by atoms with van der Waals surface area (Å²) >= 11 is 0.